The van der Waals surface area contributed by atoms with Gasteiger partial charge >= 0.3 is 29.6 Å². The molecular weight excluding hydrogens is 916 g/mol. The number of aliphatic hydroxyl groups excluding tert-OH is 2. The second kappa shape index (κ2) is 16.9. The average molecular weight is 999 g/mol. The van der Waals surface area contributed by atoms with Gasteiger partial charge in [0.2, 0.25) is 10.4 Å². The average Bonchev–Trinajstić information content (AvgIpc) is 3.84. The molecule has 11 nitrogen and oxygen atoms in total. The summed E-state index contributed by atoms with van der Waals surface area (Å²) in [4.78, 5) is 13.1. The minimum Gasteiger partial charge on any atom is -0.726 e. The SMILES string of the molecule is C[C@@H]([C@H]1CC[C@H]2C3=C(CC[C@]12C)[C@@]12CO[C@@](O)([C@@H](O)C1)C(C)(C)C2[C@@H](OS(=O)(=O)[O-])C3)[C@H]1C[C@@H]2C[C@@](C)(OC2(C)C)[C@H](CC[C@@H](C)[C@H]2CC[C@H]3c4ccc5c(c4CC[C@]23C)C[C@H](O)C(=O)C5(C)C)O1.[Na+]. The third-order valence-electron chi connectivity index (χ3n) is 23.2. The number of ketones is 1. The van der Waals surface area contributed by atoms with E-state index in [1.54, 1.807) is 0 Å². The molecule has 1 spiro atoms. The molecular formula is C57H83NaO11S. The van der Waals surface area contributed by atoms with Gasteiger partial charge in [-0.25, -0.2) is 8.42 Å². The Kier molecular flexibility index (Phi) is 12.7. The topological polar surface area (TPSA) is 172 Å². The quantitative estimate of drug-likeness (QED) is 0.118. The largest absolute Gasteiger partial charge is 1.00 e. The summed E-state index contributed by atoms with van der Waals surface area (Å²) >= 11 is 0. The summed E-state index contributed by atoms with van der Waals surface area (Å²) in [5, 5.41) is 34.1. The van der Waals surface area contributed by atoms with Gasteiger partial charge in [-0.3, -0.25) is 8.98 Å². The number of ether oxygens (including phenoxy) is 3. The van der Waals surface area contributed by atoms with Crippen LogP contribution in [0.5, 0.6) is 0 Å². The maximum absolute atomic E-state index is 13.1. The molecule has 7 aliphatic carbocycles. The van der Waals surface area contributed by atoms with Crippen molar-refractivity contribution in [1.29, 1.82) is 0 Å². The van der Waals surface area contributed by atoms with Crippen molar-refractivity contribution in [3.8, 4) is 0 Å². The van der Waals surface area contributed by atoms with E-state index in [2.05, 4.69) is 60.6 Å². The van der Waals surface area contributed by atoms with Crippen LogP contribution in [-0.4, -0.2) is 88.2 Å². The number of carbonyl (C=O) groups excluding carboxylic acids is 1. The van der Waals surface area contributed by atoms with Crippen LogP contribution in [0.1, 0.15) is 188 Å². The van der Waals surface area contributed by atoms with Gasteiger partial charge in [0.25, 0.3) is 0 Å². The van der Waals surface area contributed by atoms with Gasteiger partial charge in [0.15, 0.2) is 11.6 Å². The van der Waals surface area contributed by atoms with Gasteiger partial charge in [-0.05, 0) is 199 Å². The Bertz CT molecular complexity index is 2450. The van der Waals surface area contributed by atoms with Gasteiger partial charge in [-0.15, -0.1) is 0 Å². The monoisotopic (exact) mass is 999 g/mol. The number of Topliss-reactive ketones (excluding diaryl/α,β-unsaturated/α-hetero) is 1. The van der Waals surface area contributed by atoms with Crippen LogP contribution in [0.15, 0.2) is 23.3 Å². The van der Waals surface area contributed by atoms with Crippen molar-refractivity contribution in [1.82, 2.24) is 0 Å². The zero-order chi connectivity index (χ0) is 49.6. The Balaban J connectivity index is 0.00000567. The van der Waals surface area contributed by atoms with Gasteiger partial charge in [0.05, 0.1) is 41.5 Å². The maximum Gasteiger partial charge on any atom is 1.00 e. The number of hydrogen-bond donors (Lipinski definition) is 3. The third-order valence-corrected chi connectivity index (χ3v) is 23.7. The van der Waals surface area contributed by atoms with Crippen LogP contribution in [0, 0.1) is 63.1 Å². The fraction of sp³-hybridized carbons (Fsp3) is 0.842. The molecule has 0 aromatic heterocycles. The van der Waals surface area contributed by atoms with Gasteiger partial charge in [0.1, 0.15) is 12.2 Å². The smallest absolute Gasteiger partial charge is 0.726 e. The van der Waals surface area contributed by atoms with Crippen LogP contribution >= 0.6 is 0 Å². The Morgan fingerprint density at radius 1 is 0.871 bits per heavy atom. The van der Waals surface area contributed by atoms with Crippen LogP contribution in [0.2, 0.25) is 0 Å². The van der Waals surface area contributed by atoms with E-state index in [-0.39, 0.29) is 94.4 Å². The summed E-state index contributed by atoms with van der Waals surface area (Å²) in [7, 11) is -5.06. The second-order valence-corrected chi connectivity index (χ2v) is 28.4. The molecule has 4 aliphatic heterocycles. The van der Waals surface area contributed by atoms with Gasteiger partial charge in [-0.1, -0.05) is 64.8 Å². The molecule has 7 fully saturated rings. The van der Waals surface area contributed by atoms with Crippen molar-refractivity contribution >= 4 is 16.2 Å². The van der Waals surface area contributed by atoms with Crippen molar-refractivity contribution in [2.24, 2.45) is 63.1 Å². The number of fused-ring (bicyclic) bond motifs is 11. The molecule has 3 N–H and O–H groups in total. The van der Waals surface area contributed by atoms with Crippen LogP contribution in [-0.2, 0) is 51.8 Å². The Morgan fingerprint density at radius 2 is 1.54 bits per heavy atom. The molecule has 70 heavy (non-hydrogen) atoms. The first-order valence-electron chi connectivity index (χ1n) is 27.2. The minimum absolute atomic E-state index is 0. The summed E-state index contributed by atoms with van der Waals surface area (Å²) in [5.41, 5.74) is 4.58. The predicted molar refractivity (Wildman–Crippen MR) is 260 cm³/mol. The van der Waals surface area contributed by atoms with Crippen molar-refractivity contribution in [3.63, 3.8) is 0 Å². The van der Waals surface area contributed by atoms with E-state index in [1.807, 2.05) is 27.7 Å². The molecule has 1 aromatic carbocycles. The van der Waals surface area contributed by atoms with E-state index in [0.717, 1.165) is 69.8 Å². The molecule has 4 bridgehead atoms. The Labute approximate surface area is 441 Å². The van der Waals surface area contributed by atoms with Crippen LogP contribution in [0.25, 0.3) is 0 Å². The maximum atomic E-state index is 13.1. The molecule has 0 amide bonds. The van der Waals surface area contributed by atoms with Crippen molar-refractivity contribution in [2.45, 2.75) is 231 Å². The molecule has 11 aliphatic rings. The third kappa shape index (κ3) is 7.36. The summed E-state index contributed by atoms with van der Waals surface area (Å²) in [6.07, 6.45) is 10.2. The second-order valence-electron chi connectivity index (χ2n) is 27.4. The molecule has 3 saturated carbocycles. The van der Waals surface area contributed by atoms with Gasteiger partial charge in [-0.2, -0.15) is 0 Å². The molecule has 1 unspecified atom stereocenters. The zero-order valence-electron chi connectivity index (χ0n) is 44.5. The van der Waals surface area contributed by atoms with Gasteiger partial charge < -0.3 is 34.1 Å². The first-order valence-corrected chi connectivity index (χ1v) is 28.5. The Morgan fingerprint density at radius 3 is 2.24 bits per heavy atom. The standard InChI is InChI=1S/C57H84O11S.Na/c1-30(37-15-17-40-34-13-14-39-35(33(34)20-22-53(37,40)9)25-43(58)49(60)50(39,3)4)12-19-47-55(11)27-32(52(7,8)68-55)24-44(66-47)31(2)38-16-18-41-36-26-45(67-69(62,63)64)48-51(5,6)57(61)46(59)28-56(48,29-65-57)42(36)21-23-54(38,41)10;/h13-14,30-32,37-38,40-41,43-48,58-59,61H,12,15-29H2,1-11H3,(H,62,63,64);/q;+1/p-1/t30-,31+,32-,37-,38-,40+,41+,43+,44-,45+,46+,47+,48?,53-,54-,55-,56+,57+;/m1./s1. The fourth-order valence-electron chi connectivity index (χ4n) is 19.8. The van der Waals surface area contributed by atoms with Crippen molar-refractivity contribution < 1.29 is 81.0 Å². The van der Waals surface area contributed by atoms with Crippen LogP contribution < -0.4 is 29.6 Å². The van der Waals surface area contributed by atoms with E-state index in [4.69, 9.17) is 18.4 Å². The summed E-state index contributed by atoms with van der Waals surface area (Å²) in [6, 6.07) is 4.55. The van der Waals surface area contributed by atoms with Crippen LogP contribution in [0.3, 0.4) is 0 Å². The summed E-state index contributed by atoms with van der Waals surface area (Å²) in [5.74, 6) is 0.261. The zero-order valence-corrected chi connectivity index (χ0v) is 47.3. The number of carbonyl (C=O) groups is 1. The summed E-state index contributed by atoms with van der Waals surface area (Å²) < 4.78 is 63.7. The normalized spacial score (nSPS) is 46.9. The molecule has 13 heteroatoms. The van der Waals surface area contributed by atoms with E-state index < -0.39 is 56.7 Å². The van der Waals surface area contributed by atoms with Crippen molar-refractivity contribution in [2.75, 3.05) is 6.61 Å². The van der Waals surface area contributed by atoms with Crippen LogP contribution in [0.4, 0.5) is 0 Å². The number of benzene rings is 1. The van der Waals surface area contributed by atoms with Crippen molar-refractivity contribution in [3.05, 3.63) is 45.5 Å². The Hall–Kier alpha value is -0.740. The van der Waals surface area contributed by atoms with E-state index >= 15 is 0 Å². The minimum atomic E-state index is -5.06. The van der Waals surface area contributed by atoms with E-state index in [1.165, 1.54) is 40.7 Å². The molecule has 4 heterocycles. The fourth-order valence-corrected chi connectivity index (χ4v) is 20.3. The molecule has 4 saturated heterocycles. The molecule has 384 valence electrons. The van der Waals surface area contributed by atoms with E-state index in [0.29, 0.717) is 42.4 Å². The van der Waals surface area contributed by atoms with E-state index in [9.17, 15) is 33.1 Å². The molecule has 0 radical (unpaired) electrons. The molecule has 12 rings (SSSR count). The number of aliphatic hydroxyl groups is 3. The van der Waals surface area contributed by atoms with Gasteiger partial charge in [0, 0.05) is 23.2 Å². The molecule has 18 atom stereocenters. The predicted octanol–water partition coefficient (Wildman–Crippen LogP) is 6.17. The first kappa shape index (κ1) is 52.7. The molecule has 1 aromatic rings. The first-order chi connectivity index (χ1) is 32.0. The number of rotatable bonds is 8. The summed E-state index contributed by atoms with van der Waals surface area (Å²) in [6.45, 7) is 24.5. The number of hydrogen-bond acceptors (Lipinski definition) is 11.